The van der Waals surface area contributed by atoms with Gasteiger partial charge in [0.1, 0.15) is 0 Å². The van der Waals surface area contributed by atoms with Gasteiger partial charge in [0.15, 0.2) is 5.69 Å². The van der Waals surface area contributed by atoms with Gasteiger partial charge in [-0.1, -0.05) is 17.3 Å². The van der Waals surface area contributed by atoms with E-state index in [2.05, 4.69) is 20.9 Å². The maximum absolute atomic E-state index is 12.6. The van der Waals surface area contributed by atoms with Crippen LogP contribution in [0, 0.1) is 6.92 Å². The number of alkyl halides is 3. The Kier molecular flexibility index (Phi) is 7.65. The van der Waals surface area contributed by atoms with Gasteiger partial charge in [-0.05, 0) is 63.9 Å². The molecule has 1 aliphatic rings. The van der Waals surface area contributed by atoms with E-state index >= 15 is 0 Å². The second kappa shape index (κ2) is 9.58. The molecule has 2 N–H and O–H groups in total. The first-order valence-corrected chi connectivity index (χ1v) is 9.35. The molecule has 6 nitrogen and oxygen atoms in total. The lowest BCUT2D eigenvalue weighted by Crippen LogP contribution is -2.35. The number of hydrogen-bond donors (Lipinski definition) is 2. The van der Waals surface area contributed by atoms with Crippen LogP contribution in [0.4, 0.5) is 13.2 Å². The van der Waals surface area contributed by atoms with Crippen molar-refractivity contribution in [1.82, 2.24) is 25.6 Å². The highest BCUT2D eigenvalue weighted by atomic mass is 35.5. The quantitative estimate of drug-likeness (QED) is 0.761. The third-order valence-electron chi connectivity index (χ3n) is 5.00. The molecule has 2 aromatic rings. The number of carbonyl (C=O) groups is 1. The number of piperidine rings is 1. The molecule has 1 unspecified atom stereocenters. The molecule has 0 bridgehead atoms. The summed E-state index contributed by atoms with van der Waals surface area (Å²) in [6, 6.07) is 4.96. The maximum Gasteiger partial charge on any atom is 0.416 e. The maximum atomic E-state index is 12.6. The molecule has 1 amide bonds. The predicted octanol–water partition coefficient (Wildman–Crippen LogP) is 3.31. The molecule has 0 saturated carbocycles. The fourth-order valence-electron chi connectivity index (χ4n) is 3.48. The lowest BCUT2D eigenvalue weighted by molar-refractivity contribution is -0.137. The number of nitrogens with one attached hydrogen (secondary N) is 2. The Hall–Kier alpha value is -2.13. The monoisotopic (exact) mass is 431 g/mol. The molecule has 1 fully saturated rings. The number of nitrogens with zero attached hydrogens (tertiary/aromatic N) is 3. The van der Waals surface area contributed by atoms with E-state index < -0.39 is 11.7 Å². The van der Waals surface area contributed by atoms with Crippen LogP contribution in [0.25, 0.3) is 0 Å². The zero-order valence-corrected chi connectivity index (χ0v) is 17.1. The first-order chi connectivity index (χ1) is 13.3. The summed E-state index contributed by atoms with van der Waals surface area (Å²) in [6.07, 6.45) is -2.05. The first-order valence-electron chi connectivity index (χ1n) is 9.35. The molecule has 1 aliphatic heterocycles. The highest BCUT2D eigenvalue weighted by Crippen LogP contribution is 2.29. The molecule has 0 aliphatic carbocycles. The molecule has 0 radical (unpaired) electrons. The summed E-state index contributed by atoms with van der Waals surface area (Å²) in [5.41, 5.74) is 1.05. The Balaban J connectivity index is 0.00000300. The van der Waals surface area contributed by atoms with Gasteiger partial charge in [-0.15, -0.1) is 17.5 Å². The predicted molar refractivity (Wildman–Crippen MR) is 105 cm³/mol. The van der Waals surface area contributed by atoms with Crippen LogP contribution >= 0.6 is 12.4 Å². The summed E-state index contributed by atoms with van der Waals surface area (Å²) < 4.78 is 39.7. The molecule has 3 rings (SSSR count). The molecular formula is C19H25ClF3N5O. The van der Waals surface area contributed by atoms with Crippen molar-refractivity contribution in [3.05, 3.63) is 46.8 Å². The van der Waals surface area contributed by atoms with Gasteiger partial charge in [-0.2, -0.15) is 13.2 Å². The van der Waals surface area contributed by atoms with Crippen molar-refractivity contribution in [3.63, 3.8) is 0 Å². The second-order valence-corrected chi connectivity index (χ2v) is 7.22. The summed E-state index contributed by atoms with van der Waals surface area (Å²) in [6.45, 7) is 5.46. The molecule has 1 aromatic heterocycles. The molecule has 0 spiro atoms. The van der Waals surface area contributed by atoms with Crippen molar-refractivity contribution >= 4 is 18.3 Å². The van der Waals surface area contributed by atoms with Gasteiger partial charge in [0.2, 0.25) is 0 Å². The fraction of sp³-hybridized carbons (Fsp3) is 0.526. The van der Waals surface area contributed by atoms with Crippen LogP contribution in [0.1, 0.15) is 53.1 Å². The summed E-state index contributed by atoms with van der Waals surface area (Å²) in [5, 5.41) is 14.3. The Bertz CT molecular complexity index is 816. The Morgan fingerprint density at radius 3 is 2.48 bits per heavy atom. The van der Waals surface area contributed by atoms with Gasteiger partial charge in [0, 0.05) is 6.04 Å². The SMILES string of the molecule is Cc1c(C(=O)NC(C)Cc2ccc(C(F)(F)F)cc2)nnn1C1CCNCC1.Cl. The van der Waals surface area contributed by atoms with Crippen LogP contribution in [0.15, 0.2) is 24.3 Å². The minimum Gasteiger partial charge on any atom is -0.348 e. The third kappa shape index (κ3) is 5.70. The zero-order valence-electron chi connectivity index (χ0n) is 16.3. The number of halogens is 4. The van der Waals surface area contributed by atoms with Crippen molar-refractivity contribution in [3.8, 4) is 0 Å². The molecule has 29 heavy (non-hydrogen) atoms. The number of carbonyl (C=O) groups excluding carboxylic acids is 1. The van der Waals surface area contributed by atoms with Crippen LogP contribution in [-0.4, -0.2) is 40.0 Å². The highest BCUT2D eigenvalue weighted by Gasteiger charge is 2.30. The van der Waals surface area contributed by atoms with Crippen molar-refractivity contribution in [2.24, 2.45) is 0 Å². The summed E-state index contributed by atoms with van der Waals surface area (Å²) >= 11 is 0. The van der Waals surface area contributed by atoms with Crippen molar-refractivity contribution in [2.45, 2.75) is 51.4 Å². The molecule has 1 saturated heterocycles. The smallest absolute Gasteiger partial charge is 0.348 e. The average molecular weight is 432 g/mol. The Labute approximate surface area is 173 Å². The lowest BCUT2D eigenvalue weighted by atomic mass is 10.0. The van der Waals surface area contributed by atoms with Crippen molar-refractivity contribution in [1.29, 1.82) is 0 Å². The lowest BCUT2D eigenvalue weighted by Gasteiger charge is -2.23. The van der Waals surface area contributed by atoms with E-state index in [1.807, 2.05) is 18.5 Å². The van der Waals surface area contributed by atoms with E-state index in [-0.39, 0.29) is 36.1 Å². The minimum atomic E-state index is -4.35. The number of amides is 1. The average Bonchev–Trinajstić information content (AvgIpc) is 3.03. The molecule has 160 valence electrons. The van der Waals surface area contributed by atoms with Crippen LogP contribution in [0.3, 0.4) is 0 Å². The van der Waals surface area contributed by atoms with E-state index in [4.69, 9.17) is 0 Å². The number of hydrogen-bond acceptors (Lipinski definition) is 4. The third-order valence-corrected chi connectivity index (χ3v) is 5.00. The van der Waals surface area contributed by atoms with Gasteiger partial charge in [0.25, 0.3) is 5.91 Å². The van der Waals surface area contributed by atoms with Gasteiger partial charge in [-0.3, -0.25) is 4.79 Å². The van der Waals surface area contributed by atoms with Gasteiger partial charge in [-0.25, -0.2) is 4.68 Å². The van der Waals surface area contributed by atoms with Crippen LogP contribution < -0.4 is 10.6 Å². The highest BCUT2D eigenvalue weighted by molar-refractivity contribution is 5.93. The second-order valence-electron chi connectivity index (χ2n) is 7.22. The summed E-state index contributed by atoms with van der Waals surface area (Å²) in [4.78, 5) is 12.6. The van der Waals surface area contributed by atoms with Gasteiger partial charge in [0.05, 0.1) is 17.3 Å². The largest absolute Gasteiger partial charge is 0.416 e. The Morgan fingerprint density at radius 1 is 1.28 bits per heavy atom. The van der Waals surface area contributed by atoms with Crippen LogP contribution in [0.5, 0.6) is 0 Å². The summed E-state index contributed by atoms with van der Waals surface area (Å²) in [5.74, 6) is -0.322. The van der Waals surface area contributed by atoms with Crippen molar-refractivity contribution in [2.75, 3.05) is 13.1 Å². The van der Waals surface area contributed by atoms with E-state index in [1.165, 1.54) is 12.1 Å². The van der Waals surface area contributed by atoms with E-state index in [0.717, 1.165) is 49.3 Å². The van der Waals surface area contributed by atoms with Gasteiger partial charge >= 0.3 is 6.18 Å². The van der Waals surface area contributed by atoms with Crippen LogP contribution in [0.2, 0.25) is 0 Å². The van der Waals surface area contributed by atoms with E-state index in [0.29, 0.717) is 6.42 Å². The number of rotatable bonds is 5. The minimum absolute atomic E-state index is 0. The fourth-order valence-corrected chi connectivity index (χ4v) is 3.48. The number of aromatic nitrogens is 3. The molecule has 1 atom stereocenters. The normalized spacial score (nSPS) is 16.2. The zero-order chi connectivity index (χ0) is 20.3. The van der Waals surface area contributed by atoms with Crippen LogP contribution in [-0.2, 0) is 12.6 Å². The topological polar surface area (TPSA) is 71.8 Å². The summed E-state index contributed by atoms with van der Waals surface area (Å²) in [7, 11) is 0. The molecule has 1 aromatic carbocycles. The molecular weight excluding hydrogens is 407 g/mol. The number of benzene rings is 1. The van der Waals surface area contributed by atoms with E-state index in [1.54, 1.807) is 0 Å². The molecule has 10 heteroatoms. The standard InChI is InChI=1S/C19H24F3N5O.ClH/c1-12(11-14-3-5-15(6-4-14)19(20,21)22)24-18(28)17-13(2)27(26-25-17)16-7-9-23-10-8-16;/h3-6,12,16,23H,7-11H2,1-2H3,(H,24,28);1H. The van der Waals surface area contributed by atoms with Gasteiger partial charge < -0.3 is 10.6 Å². The molecule has 2 heterocycles. The van der Waals surface area contributed by atoms with E-state index in [9.17, 15) is 18.0 Å². The van der Waals surface area contributed by atoms with Crippen molar-refractivity contribution < 1.29 is 18.0 Å². The first kappa shape index (κ1) is 23.2. The Morgan fingerprint density at radius 2 is 1.90 bits per heavy atom.